The number of halogens is 1. The lowest BCUT2D eigenvalue weighted by molar-refractivity contribution is 0.0931. The van der Waals surface area contributed by atoms with Crippen LogP contribution in [0.4, 0.5) is 4.39 Å². The Kier molecular flexibility index (Phi) is 5.32. The van der Waals surface area contributed by atoms with E-state index >= 15 is 0 Å². The zero-order chi connectivity index (χ0) is 13.7. The predicted octanol–water partition coefficient (Wildman–Crippen LogP) is 3.69. The highest BCUT2D eigenvalue weighted by molar-refractivity contribution is 5.94. The molecule has 0 aliphatic heterocycles. The Hall–Kier alpha value is -1.38. The highest BCUT2D eigenvalue weighted by atomic mass is 19.1. The predicted molar refractivity (Wildman–Crippen MR) is 72.1 cm³/mol. The van der Waals surface area contributed by atoms with Crippen molar-refractivity contribution >= 4 is 5.91 Å². The molecule has 0 aliphatic carbocycles. The number of nitrogens with one attached hydrogen (secondary N) is 1. The normalized spacial score (nSPS) is 14.1. The van der Waals surface area contributed by atoms with E-state index in [4.69, 9.17) is 0 Å². The number of hydrogen-bond donors (Lipinski definition) is 1. The van der Waals surface area contributed by atoms with Crippen molar-refractivity contribution in [3.63, 3.8) is 0 Å². The van der Waals surface area contributed by atoms with E-state index in [-0.39, 0.29) is 17.5 Å². The highest BCUT2D eigenvalue weighted by Gasteiger charge is 2.15. The van der Waals surface area contributed by atoms with Crippen molar-refractivity contribution in [2.45, 2.75) is 46.6 Å². The minimum atomic E-state index is -0.464. The van der Waals surface area contributed by atoms with Gasteiger partial charge in [-0.1, -0.05) is 31.9 Å². The molecule has 1 N–H and O–H groups in total. The third kappa shape index (κ3) is 4.13. The minimum Gasteiger partial charge on any atom is -0.349 e. The molecule has 0 saturated carbocycles. The summed E-state index contributed by atoms with van der Waals surface area (Å²) in [4.78, 5) is 11.9. The lowest BCUT2D eigenvalue weighted by Gasteiger charge is -2.17. The van der Waals surface area contributed by atoms with Gasteiger partial charge >= 0.3 is 0 Å². The van der Waals surface area contributed by atoms with Crippen LogP contribution >= 0.6 is 0 Å². The Bertz CT molecular complexity index is 417. The number of benzene rings is 1. The molecule has 0 bridgehead atoms. The summed E-state index contributed by atoms with van der Waals surface area (Å²) < 4.78 is 13.5. The van der Waals surface area contributed by atoms with Gasteiger partial charge in [-0.25, -0.2) is 4.39 Å². The molecule has 3 heteroatoms. The first kappa shape index (κ1) is 14.7. The van der Waals surface area contributed by atoms with Crippen LogP contribution in [-0.2, 0) is 0 Å². The Balaban J connectivity index is 2.67. The van der Waals surface area contributed by atoms with Crippen molar-refractivity contribution in [1.29, 1.82) is 0 Å². The van der Waals surface area contributed by atoms with Gasteiger partial charge in [0.15, 0.2) is 0 Å². The monoisotopic (exact) mass is 251 g/mol. The second-order valence-electron chi connectivity index (χ2n) is 5.11. The van der Waals surface area contributed by atoms with E-state index in [1.165, 1.54) is 6.07 Å². The van der Waals surface area contributed by atoms with E-state index < -0.39 is 5.82 Å². The molecule has 0 saturated heterocycles. The van der Waals surface area contributed by atoms with E-state index in [1.54, 1.807) is 12.1 Å². The van der Waals surface area contributed by atoms with Gasteiger partial charge in [0.05, 0.1) is 5.56 Å². The second kappa shape index (κ2) is 6.53. The van der Waals surface area contributed by atoms with Gasteiger partial charge in [-0.3, -0.25) is 4.79 Å². The molecule has 0 heterocycles. The maximum atomic E-state index is 13.5. The molecule has 0 radical (unpaired) electrons. The molecular weight excluding hydrogens is 229 g/mol. The van der Waals surface area contributed by atoms with Crippen LogP contribution < -0.4 is 5.32 Å². The fraction of sp³-hybridized carbons (Fsp3) is 0.533. The summed E-state index contributed by atoms with van der Waals surface area (Å²) in [7, 11) is 0. The Labute approximate surface area is 109 Å². The number of hydrogen-bond acceptors (Lipinski definition) is 1. The molecule has 18 heavy (non-hydrogen) atoms. The third-order valence-corrected chi connectivity index (χ3v) is 3.20. The van der Waals surface area contributed by atoms with Crippen molar-refractivity contribution in [2.24, 2.45) is 5.92 Å². The topological polar surface area (TPSA) is 29.1 Å². The van der Waals surface area contributed by atoms with Gasteiger partial charge < -0.3 is 5.32 Å². The SMILES string of the molecule is CCC(C)CC(C)NC(=O)c1cc(C)ccc1F. The summed E-state index contributed by atoms with van der Waals surface area (Å²) in [5, 5.41) is 2.85. The molecule has 2 atom stereocenters. The van der Waals surface area contributed by atoms with Gasteiger partial charge in [0.1, 0.15) is 5.82 Å². The lowest BCUT2D eigenvalue weighted by atomic mass is 10.00. The van der Waals surface area contributed by atoms with Crippen LogP contribution in [0.2, 0.25) is 0 Å². The molecule has 1 rings (SSSR count). The summed E-state index contributed by atoms with van der Waals surface area (Å²) in [6, 6.07) is 4.64. The zero-order valence-corrected chi connectivity index (χ0v) is 11.6. The van der Waals surface area contributed by atoms with Crippen molar-refractivity contribution in [3.8, 4) is 0 Å². The second-order valence-corrected chi connectivity index (χ2v) is 5.11. The maximum Gasteiger partial charge on any atom is 0.254 e. The standard InChI is InChI=1S/C15H22FNO/c1-5-10(2)8-12(4)17-15(18)13-9-11(3)6-7-14(13)16/h6-7,9-10,12H,5,8H2,1-4H3,(H,17,18). The molecule has 0 spiro atoms. The van der Waals surface area contributed by atoms with Crippen molar-refractivity contribution in [1.82, 2.24) is 5.32 Å². The molecule has 0 aliphatic rings. The lowest BCUT2D eigenvalue weighted by Crippen LogP contribution is -2.34. The van der Waals surface area contributed by atoms with Crippen LogP contribution in [-0.4, -0.2) is 11.9 Å². The van der Waals surface area contributed by atoms with Crippen LogP contribution in [0.5, 0.6) is 0 Å². The molecule has 0 fully saturated rings. The van der Waals surface area contributed by atoms with Crippen LogP contribution in [0.25, 0.3) is 0 Å². The fourth-order valence-electron chi connectivity index (χ4n) is 1.94. The molecular formula is C15H22FNO. The van der Waals surface area contributed by atoms with E-state index in [9.17, 15) is 9.18 Å². The van der Waals surface area contributed by atoms with Gasteiger partial charge in [0, 0.05) is 6.04 Å². The number of carbonyl (C=O) groups excluding carboxylic acids is 1. The number of rotatable bonds is 5. The first-order valence-electron chi connectivity index (χ1n) is 6.51. The quantitative estimate of drug-likeness (QED) is 0.849. The molecule has 1 amide bonds. The van der Waals surface area contributed by atoms with E-state index in [2.05, 4.69) is 19.2 Å². The number of aryl methyl sites for hydroxylation is 1. The van der Waals surface area contributed by atoms with Crippen molar-refractivity contribution in [2.75, 3.05) is 0 Å². The molecule has 1 aromatic rings. The Morgan fingerprint density at radius 1 is 1.39 bits per heavy atom. The van der Waals surface area contributed by atoms with Crippen LogP contribution in [0, 0.1) is 18.7 Å². The van der Waals surface area contributed by atoms with E-state index in [0.717, 1.165) is 18.4 Å². The van der Waals surface area contributed by atoms with Gasteiger partial charge in [-0.2, -0.15) is 0 Å². The van der Waals surface area contributed by atoms with Gasteiger partial charge in [-0.15, -0.1) is 0 Å². The minimum absolute atomic E-state index is 0.0624. The van der Waals surface area contributed by atoms with E-state index in [0.29, 0.717) is 5.92 Å². The van der Waals surface area contributed by atoms with Gasteiger partial charge in [0.2, 0.25) is 0 Å². The average Bonchev–Trinajstić information content (AvgIpc) is 2.31. The third-order valence-electron chi connectivity index (χ3n) is 3.20. The van der Waals surface area contributed by atoms with Crippen LogP contribution in [0.3, 0.4) is 0 Å². The smallest absolute Gasteiger partial charge is 0.254 e. The summed E-state index contributed by atoms with van der Waals surface area (Å²) in [6.07, 6.45) is 1.99. The number of amides is 1. The van der Waals surface area contributed by atoms with Crippen LogP contribution in [0.15, 0.2) is 18.2 Å². The van der Waals surface area contributed by atoms with Gasteiger partial charge in [0.25, 0.3) is 5.91 Å². The summed E-state index contributed by atoms with van der Waals surface area (Å²) in [6.45, 7) is 8.08. The summed E-state index contributed by atoms with van der Waals surface area (Å²) in [5.41, 5.74) is 1.02. The van der Waals surface area contributed by atoms with Crippen molar-refractivity contribution in [3.05, 3.63) is 35.1 Å². The zero-order valence-electron chi connectivity index (χ0n) is 11.6. The number of carbonyl (C=O) groups is 1. The summed E-state index contributed by atoms with van der Waals surface area (Å²) >= 11 is 0. The Morgan fingerprint density at radius 3 is 2.67 bits per heavy atom. The fourth-order valence-corrected chi connectivity index (χ4v) is 1.94. The van der Waals surface area contributed by atoms with Crippen molar-refractivity contribution < 1.29 is 9.18 Å². The average molecular weight is 251 g/mol. The van der Waals surface area contributed by atoms with Crippen LogP contribution in [0.1, 0.15) is 49.5 Å². The summed E-state index contributed by atoms with van der Waals surface area (Å²) in [5.74, 6) is -0.233. The Morgan fingerprint density at radius 2 is 2.06 bits per heavy atom. The molecule has 2 unspecified atom stereocenters. The molecule has 2 nitrogen and oxygen atoms in total. The van der Waals surface area contributed by atoms with Gasteiger partial charge in [-0.05, 0) is 38.3 Å². The van der Waals surface area contributed by atoms with E-state index in [1.807, 2.05) is 13.8 Å². The largest absolute Gasteiger partial charge is 0.349 e. The maximum absolute atomic E-state index is 13.5. The molecule has 0 aromatic heterocycles. The molecule has 1 aromatic carbocycles. The highest BCUT2D eigenvalue weighted by Crippen LogP contribution is 2.12. The first-order valence-corrected chi connectivity index (χ1v) is 6.51. The first-order chi connectivity index (χ1) is 8.43. The molecule has 100 valence electrons.